The minimum absolute atomic E-state index is 0.859. The highest BCUT2D eigenvalue weighted by Gasteiger charge is 2.13. The highest BCUT2D eigenvalue weighted by atomic mass is 15.2. The van der Waals surface area contributed by atoms with Crippen molar-refractivity contribution >= 4 is 5.82 Å². The third kappa shape index (κ3) is 2.46. The molecule has 19 heavy (non-hydrogen) atoms. The molecule has 1 aromatic heterocycles. The molecule has 0 fully saturated rings. The number of aryl methyl sites for hydroxylation is 1. The molecular weight excluding hydrogens is 234 g/mol. The smallest absolute Gasteiger partial charge is 0.151 e. The first kappa shape index (κ1) is 13.5. The van der Waals surface area contributed by atoms with Gasteiger partial charge in [-0.05, 0) is 56.9 Å². The molecule has 0 bridgehead atoms. The molecule has 1 N–H and O–H groups in total. The lowest BCUT2D eigenvalue weighted by atomic mass is 9.97. The van der Waals surface area contributed by atoms with Gasteiger partial charge < -0.3 is 5.32 Å². The van der Waals surface area contributed by atoms with Crippen LogP contribution in [0.15, 0.2) is 18.2 Å². The summed E-state index contributed by atoms with van der Waals surface area (Å²) in [4.78, 5) is 0. The normalized spacial score (nSPS) is 10.6. The molecule has 0 aliphatic carbocycles. The first-order valence-corrected chi connectivity index (χ1v) is 6.70. The van der Waals surface area contributed by atoms with Gasteiger partial charge in [0.15, 0.2) is 5.82 Å². The molecule has 3 nitrogen and oxygen atoms in total. The number of hydrogen-bond donors (Lipinski definition) is 1. The predicted molar refractivity (Wildman–Crippen MR) is 80.6 cm³/mol. The van der Waals surface area contributed by atoms with Crippen LogP contribution < -0.4 is 5.32 Å². The van der Waals surface area contributed by atoms with Crippen LogP contribution in [0, 0.1) is 27.7 Å². The second-order valence-corrected chi connectivity index (χ2v) is 4.93. The molecule has 0 saturated carbocycles. The lowest BCUT2D eigenvalue weighted by Crippen LogP contribution is -2.06. The van der Waals surface area contributed by atoms with E-state index in [1.165, 1.54) is 27.8 Å². The van der Waals surface area contributed by atoms with Gasteiger partial charge in [0, 0.05) is 12.1 Å². The number of hydrogen-bond acceptors (Lipinski definition) is 3. The minimum Gasteiger partial charge on any atom is -0.369 e. The van der Waals surface area contributed by atoms with Crippen LogP contribution in [0.3, 0.4) is 0 Å². The Morgan fingerprint density at radius 3 is 2.37 bits per heavy atom. The molecule has 0 aliphatic rings. The monoisotopic (exact) mass is 255 g/mol. The van der Waals surface area contributed by atoms with Crippen LogP contribution in [0.4, 0.5) is 5.82 Å². The zero-order valence-corrected chi connectivity index (χ0v) is 12.3. The van der Waals surface area contributed by atoms with Crippen LogP contribution in [0.2, 0.25) is 0 Å². The maximum absolute atomic E-state index is 4.42. The maximum atomic E-state index is 4.42. The summed E-state index contributed by atoms with van der Waals surface area (Å²) in [6, 6.07) is 6.32. The van der Waals surface area contributed by atoms with Crippen molar-refractivity contribution in [2.24, 2.45) is 0 Å². The second kappa shape index (κ2) is 5.39. The van der Waals surface area contributed by atoms with Gasteiger partial charge in [-0.3, -0.25) is 0 Å². The minimum atomic E-state index is 0.859. The van der Waals surface area contributed by atoms with Gasteiger partial charge in [0.2, 0.25) is 0 Å². The van der Waals surface area contributed by atoms with E-state index in [-0.39, 0.29) is 0 Å². The molecule has 3 heteroatoms. The summed E-state index contributed by atoms with van der Waals surface area (Å²) in [5.41, 5.74) is 7.09. The van der Waals surface area contributed by atoms with Crippen LogP contribution in [0.5, 0.6) is 0 Å². The molecular formula is C16H21N3. The lowest BCUT2D eigenvalue weighted by molar-refractivity contribution is 0.985. The number of rotatable bonds is 3. The second-order valence-electron chi connectivity index (χ2n) is 4.93. The van der Waals surface area contributed by atoms with Gasteiger partial charge >= 0.3 is 0 Å². The highest BCUT2D eigenvalue weighted by Crippen LogP contribution is 2.29. The molecule has 1 aromatic carbocycles. The van der Waals surface area contributed by atoms with Gasteiger partial charge in [0.05, 0.1) is 5.69 Å². The largest absolute Gasteiger partial charge is 0.369 e. The third-order valence-electron chi connectivity index (χ3n) is 3.73. The van der Waals surface area contributed by atoms with E-state index < -0.39 is 0 Å². The van der Waals surface area contributed by atoms with Gasteiger partial charge in [-0.1, -0.05) is 18.2 Å². The first-order valence-electron chi connectivity index (χ1n) is 6.70. The Morgan fingerprint density at radius 1 is 0.947 bits per heavy atom. The van der Waals surface area contributed by atoms with E-state index in [1.807, 2.05) is 0 Å². The Morgan fingerprint density at radius 2 is 1.68 bits per heavy atom. The molecule has 0 aliphatic heterocycles. The fourth-order valence-electron chi connectivity index (χ4n) is 2.20. The summed E-state index contributed by atoms with van der Waals surface area (Å²) in [5, 5.41) is 12.0. The van der Waals surface area contributed by atoms with Gasteiger partial charge in [0.1, 0.15) is 0 Å². The zero-order valence-electron chi connectivity index (χ0n) is 12.3. The Bertz CT molecular complexity index is 603. The van der Waals surface area contributed by atoms with E-state index in [4.69, 9.17) is 0 Å². The van der Waals surface area contributed by atoms with Crippen molar-refractivity contribution < 1.29 is 0 Å². The van der Waals surface area contributed by atoms with Crippen molar-refractivity contribution in [3.63, 3.8) is 0 Å². The Labute approximate surface area is 115 Å². The van der Waals surface area contributed by atoms with E-state index in [2.05, 4.69) is 68.3 Å². The molecule has 0 amide bonds. The number of nitrogens with zero attached hydrogens (tertiary/aromatic N) is 2. The molecule has 1 heterocycles. The molecule has 0 unspecified atom stereocenters. The molecule has 2 rings (SSSR count). The van der Waals surface area contributed by atoms with Crippen LogP contribution in [-0.4, -0.2) is 16.7 Å². The van der Waals surface area contributed by atoms with Gasteiger partial charge in [-0.15, -0.1) is 10.2 Å². The van der Waals surface area contributed by atoms with E-state index in [9.17, 15) is 0 Å². The SMILES string of the molecule is CCNc1nnc(-c2cccc(C)c2C)c(C)c1C. The fraction of sp³-hybridized carbons (Fsp3) is 0.375. The predicted octanol–water partition coefficient (Wildman–Crippen LogP) is 3.81. The summed E-state index contributed by atoms with van der Waals surface area (Å²) in [6.07, 6.45) is 0. The molecule has 0 saturated heterocycles. The molecule has 2 aromatic rings. The lowest BCUT2D eigenvalue weighted by Gasteiger charge is -2.14. The Balaban J connectivity index is 2.58. The van der Waals surface area contributed by atoms with E-state index in [1.54, 1.807) is 0 Å². The zero-order chi connectivity index (χ0) is 14.0. The van der Waals surface area contributed by atoms with E-state index in [0.717, 1.165) is 18.1 Å². The summed E-state index contributed by atoms with van der Waals surface area (Å²) >= 11 is 0. The molecule has 0 radical (unpaired) electrons. The maximum Gasteiger partial charge on any atom is 0.151 e. The summed E-state index contributed by atoms with van der Waals surface area (Å²) in [7, 11) is 0. The van der Waals surface area contributed by atoms with Crippen molar-refractivity contribution in [2.45, 2.75) is 34.6 Å². The highest BCUT2D eigenvalue weighted by molar-refractivity contribution is 5.70. The van der Waals surface area contributed by atoms with Crippen LogP contribution >= 0.6 is 0 Å². The van der Waals surface area contributed by atoms with Crippen molar-refractivity contribution in [2.75, 3.05) is 11.9 Å². The van der Waals surface area contributed by atoms with Crippen molar-refractivity contribution in [3.8, 4) is 11.3 Å². The molecule has 0 atom stereocenters. The standard InChI is InChI=1S/C16H21N3/c1-6-17-16-13(5)12(4)15(18-19-16)14-9-7-8-10(2)11(14)3/h7-9H,6H2,1-5H3,(H,17,19). The Kier molecular flexibility index (Phi) is 3.84. The van der Waals surface area contributed by atoms with Gasteiger partial charge in [-0.25, -0.2) is 0 Å². The number of aromatic nitrogens is 2. The van der Waals surface area contributed by atoms with Crippen LogP contribution in [0.1, 0.15) is 29.2 Å². The Hall–Kier alpha value is -1.90. The van der Waals surface area contributed by atoms with Crippen LogP contribution in [-0.2, 0) is 0 Å². The summed E-state index contributed by atoms with van der Waals surface area (Å²) in [5.74, 6) is 0.883. The van der Waals surface area contributed by atoms with Crippen molar-refractivity contribution in [3.05, 3.63) is 40.5 Å². The molecule has 0 spiro atoms. The average molecular weight is 255 g/mol. The topological polar surface area (TPSA) is 37.8 Å². The van der Waals surface area contributed by atoms with E-state index >= 15 is 0 Å². The van der Waals surface area contributed by atoms with Crippen molar-refractivity contribution in [1.29, 1.82) is 0 Å². The summed E-state index contributed by atoms with van der Waals surface area (Å²) in [6.45, 7) is 11.4. The van der Waals surface area contributed by atoms with Crippen LogP contribution in [0.25, 0.3) is 11.3 Å². The quantitative estimate of drug-likeness (QED) is 0.906. The fourth-order valence-corrected chi connectivity index (χ4v) is 2.20. The summed E-state index contributed by atoms with van der Waals surface area (Å²) < 4.78 is 0. The number of benzene rings is 1. The van der Waals surface area contributed by atoms with E-state index in [0.29, 0.717) is 0 Å². The van der Waals surface area contributed by atoms with Gasteiger partial charge in [-0.2, -0.15) is 0 Å². The number of nitrogens with one attached hydrogen (secondary N) is 1. The number of anilines is 1. The third-order valence-corrected chi connectivity index (χ3v) is 3.73. The van der Waals surface area contributed by atoms with Crippen molar-refractivity contribution in [1.82, 2.24) is 10.2 Å². The first-order chi connectivity index (χ1) is 9.06. The average Bonchev–Trinajstić information content (AvgIpc) is 2.39. The van der Waals surface area contributed by atoms with Gasteiger partial charge in [0.25, 0.3) is 0 Å². The molecule has 100 valence electrons.